The molecule has 1 aliphatic rings. The summed E-state index contributed by atoms with van der Waals surface area (Å²) < 4.78 is 1.90. The fourth-order valence-electron chi connectivity index (χ4n) is 1.84. The Morgan fingerprint density at radius 3 is 3.06 bits per heavy atom. The Kier molecular flexibility index (Phi) is 3.60. The number of hydrogen-bond acceptors (Lipinski definition) is 5. The summed E-state index contributed by atoms with van der Waals surface area (Å²) >= 11 is 1.42. The average molecular weight is 240 g/mol. The van der Waals surface area contributed by atoms with Crippen LogP contribution in [0.4, 0.5) is 0 Å². The van der Waals surface area contributed by atoms with Crippen molar-refractivity contribution in [1.29, 1.82) is 0 Å². The van der Waals surface area contributed by atoms with E-state index in [1.54, 1.807) is 6.92 Å². The predicted molar refractivity (Wildman–Crippen MR) is 63.1 cm³/mol. The van der Waals surface area contributed by atoms with Crippen LogP contribution in [0.3, 0.4) is 0 Å². The second kappa shape index (κ2) is 4.97. The third-order valence-corrected chi connectivity index (χ3v) is 3.93. The van der Waals surface area contributed by atoms with Crippen LogP contribution in [-0.4, -0.2) is 32.4 Å². The van der Waals surface area contributed by atoms with Crippen molar-refractivity contribution in [3.05, 3.63) is 11.9 Å². The van der Waals surface area contributed by atoms with Crippen LogP contribution in [0, 0.1) is 0 Å². The van der Waals surface area contributed by atoms with Gasteiger partial charge in [-0.25, -0.2) is 4.68 Å². The highest BCUT2D eigenvalue weighted by molar-refractivity contribution is 8.14. The van der Waals surface area contributed by atoms with Crippen LogP contribution in [0.5, 0.6) is 0 Å². The molecule has 1 aromatic heterocycles. The molecule has 1 aliphatic carbocycles. The van der Waals surface area contributed by atoms with Crippen LogP contribution in [0.25, 0.3) is 0 Å². The number of rotatable bonds is 4. The summed E-state index contributed by atoms with van der Waals surface area (Å²) in [6, 6.07) is 0.340. The van der Waals surface area contributed by atoms with E-state index in [9.17, 15) is 4.79 Å². The summed E-state index contributed by atoms with van der Waals surface area (Å²) in [5.41, 5.74) is 0.945. The maximum atomic E-state index is 11.0. The monoisotopic (exact) mass is 240 g/mol. The quantitative estimate of drug-likeness (QED) is 0.850. The van der Waals surface area contributed by atoms with Gasteiger partial charge in [-0.15, -0.1) is 5.10 Å². The molecule has 0 spiro atoms. The first kappa shape index (κ1) is 11.6. The highest BCUT2D eigenvalue weighted by Crippen LogP contribution is 2.40. The summed E-state index contributed by atoms with van der Waals surface area (Å²) in [5.74, 6) is 0. The second-order valence-electron chi connectivity index (χ2n) is 4.01. The summed E-state index contributed by atoms with van der Waals surface area (Å²) in [5, 5.41) is 11.8. The summed E-state index contributed by atoms with van der Waals surface area (Å²) in [7, 11) is 1.89. The first-order valence-electron chi connectivity index (χ1n) is 5.43. The number of thioether (sulfide) groups is 1. The van der Waals surface area contributed by atoms with E-state index in [-0.39, 0.29) is 5.12 Å². The lowest BCUT2D eigenvalue weighted by atomic mass is 9.92. The smallest absolute Gasteiger partial charge is 0.186 e. The average Bonchev–Trinajstić information content (AvgIpc) is 2.61. The van der Waals surface area contributed by atoms with Gasteiger partial charge in [0.15, 0.2) is 5.12 Å². The first-order chi connectivity index (χ1) is 7.70. The Morgan fingerprint density at radius 1 is 1.69 bits per heavy atom. The Hall–Kier alpha value is -0.880. The first-order valence-corrected chi connectivity index (χ1v) is 6.31. The molecule has 16 heavy (non-hydrogen) atoms. The van der Waals surface area contributed by atoms with Crippen molar-refractivity contribution in [3.63, 3.8) is 0 Å². The van der Waals surface area contributed by atoms with Crippen molar-refractivity contribution in [1.82, 2.24) is 20.3 Å². The fourth-order valence-corrected chi connectivity index (χ4v) is 2.94. The molecule has 2 rings (SSSR count). The largest absolute Gasteiger partial charge is 0.314 e. The molecule has 1 heterocycles. The van der Waals surface area contributed by atoms with Crippen LogP contribution in [0.1, 0.15) is 31.5 Å². The third kappa shape index (κ3) is 2.44. The third-order valence-electron chi connectivity index (χ3n) is 2.75. The van der Waals surface area contributed by atoms with Crippen molar-refractivity contribution >= 4 is 16.9 Å². The number of hydrogen-bond donors (Lipinski definition) is 1. The Labute approximate surface area is 99.0 Å². The van der Waals surface area contributed by atoms with Gasteiger partial charge < -0.3 is 5.32 Å². The van der Waals surface area contributed by atoms with Gasteiger partial charge in [0.25, 0.3) is 0 Å². The molecule has 0 aliphatic heterocycles. The number of carbonyl (C=O) groups is 1. The van der Waals surface area contributed by atoms with Crippen LogP contribution in [0.15, 0.2) is 6.20 Å². The number of nitrogens with one attached hydrogen (secondary N) is 1. The van der Waals surface area contributed by atoms with Crippen molar-refractivity contribution in [2.24, 2.45) is 0 Å². The van der Waals surface area contributed by atoms with E-state index in [0.29, 0.717) is 11.3 Å². The minimum atomic E-state index is 0.185. The normalized spacial score (nSPS) is 24.1. The van der Waals surface area contributed by atoms with Gasteiger partial charge in [0.05, 0.1) is 17.9 Å². The maximum Gasteiger partial charge on any atom is 0.186 e. The molecule has 0 amide bonds. The van der Waals surface area contributed by atoms with Gasteiger partial charge in [-0.05, 0) is 19.9 Å². The van der Waals surface area contributed by atoms with Gasteiger partial charge >= 0.3 is 0 Å². The van der Waals surface area contributed by atoms with Crippen LogP contribution in [-0.2, 0) is 11.3 Å². The minimum Gasteiger partial charge on any atom is -0.314 e. The SMILES string of the molecule is CNCc1cn(C2CCC2SC(C)=O)nn1. The maximum absolute atomic E-state index is 11.0. The Balaban J connectivity index is 1.98. The molecule has 0 bridgehead atoms. The van der Waals surface area contributed by atoms with E-state index < -0.39 is 0 Å². The number of nitrogens with zero attached hydrogens (tertiary/aromatic N) is 3. The van der Waals surface area contributed by atoms with Crippen LogP contribution in [0.2, 0.25) is 0 Å². The highest BCUT2D eigenvalue weighted by atomic mass is 32.2. The van der Waals surface area contributed by atoms with E-state index in [1.807, 2.05) is 17.9 Å². The molecule has 0 saturated heterocycles. The standard InChI is InChI=1S/C10H16N4OS/c1-7(15)16-10-4-3-9(10)14-6-8(5-11-2)12-13-14/h6,9-11H,3-5H2,1-2H3. The minimum absolute atomic E-state index is 0.185. The van der Waals surface area contributed by atoms with Gasteiger partial charge in [0.1, 0.15) is 0 Å². The van der Waals surface area contributed by atoms with Crippen molar-refractivity contribution in [2.45, 2.75) is 37.6 Å². The summed E-state index contributed by atoms with van der Waals surface area (Å²) in [6.45, 7) is 2.35. The molecule has 1 fully saturated rings. The molecule has 1 saturated carbocycles. The topological polar surface area (TPSA) is 59.8 Å². The van der Waals surface area contributed by atoms with Gasteiger partial charge in [-0.1, -0.05) is 17.0 Å². The van der Waals surface area contributed by atoms with Crippen molar-refractivity contribution in [3.8, 4) is 0 Å². The van der Waals surface area contributed by atoms with E-state index in [2.05, 4.69) is 15.6 Å². The molecule has 0 aromatic carbocycles. The summed E-state index contributed by atoms with van der Waals surface area (Å²) in [4.78, 5) is 11.0. The number of carbonyl (C=O) groups excluding carboxylic acids is 1. The molecular weight excluding hydrogens is 224 g/mol. The molecule has 0 radical (unpaired) electrons. The Morgan fingerprint density at radius 2 is 2.50 bits per heavy atom. The zero-order valence-corrected chi connectivity index (χ0v) is 10.3. The lowest BCUT2D eigenvalue weighted by Gasteiger charge is -2.34. The van der Waals surface area contributed by atoms with Crippen molar-refractivity contribution < 1.29 is 4.79 Å². The second-order valence-corrected chi connectivity index (χ2v) is 5.43. The van der Waals surface area contributed by atoms with Crippen molar-refractivity contribution in [2.75, 3.05) is 7.05 Å². The molecule has 2 atom stereocenters. The van der Waals surface area contributed by atoms with Gasteiger partial charge in [-0.3, -0.25) is 4.79 Å². The van der Waals surface area contributed by atoms with Gasteiger partial charge in [-0.2, -0.15) is 0 Å². The number of aromatic nitrogens is 3. The molecule has 1 aromatic rings. The van der Waals surface area contributed by atoms with E-state index in [0.717, 1.165) is 25.1 Å². The fraction of sp³-hybridized carbons (Fsp3) is 0.700. The molecule has 88 valence electrons. The Bertz CT molecular complexity index is 379. The molecule has 5 nitrogen and oxygen atoms in total. The summed E-state index contributed by atoms with van der Waals surface area (Å²) in [6.07, 6.45) is 4.15. The van der Waals surface area contributed by atoms with Crippen LogP contribution < -0.4 is 5.32 Å². The van der Waals surface area contributed by atoms with E-state index >= 15 is 0 Å². The molecule has 1 N–H and O–H groups in total. The molecule has 6 heteroatoms. The van der Waals surface area contributed by atoms with E-state index in [1.165, 1.54) is 11.8 Å². The zero-order chi connectivity index (χ0) is 11.5. The lowest BCUT2D eigenvalue weighted by Crippen LogP contribution is -2.32. The van der Waals surface area contributed by atoms with E-state index in [4.69, 9.17) is 0 Å². The zero-order valence-electron chi connectivity index (χ0n) is 9.51. The molecule has 2 unspecified atom stereocenters. The molecular formula is C10H16N4OS. The predicted octanol–water partition coefficient (Wildman–Crippen LogP) is 0.981. The lowest BCUT2D eigenvalue weighted by molar-refractivity contribution is -0.109. The van der Waals surface area contributed by atoms with Gasteiger partial charge in [0.2, 0.25) is 0 Å². The van der Waals surface area contributed by atoms with Crippen LogP contribution >= 0.6 is 11.8 Å². The highest BCUT2D eigenvalue weighted by Gasteiger charge is 2.34. The van der Waals surface area contributed by atoms with Gasteiger partial charge in [0, 0.05) is 18.7 Å².